The Morgan fingerprint density at radius 3 is 2.17 bits per heavy atom. The largest absolute Gasteiger partial charge is 0.502 e. The van der Waals surface area contributed by atoms with E-state index < -0.39 is 0 Å². The van der Waals surface area contributed by atoms with Crippen LogP contribution in [0.4, 0.5) is 0 Å². The highest BCUT2D eigenvalue weighted by Crippen LogP contribution is 2.37. The van der Waals surface area contributed by atoms with Crippen LogP contribution >= 0.6 is 0 Å². The van der Waals surface area contributed by atoms with E-state index in [0.717, 1.165) is 5.56 Å². The van der Waals surface area contributed by atoms with Gasteiger partial charge in [-0.1, -0.05) is 0 Å². The number of phenols is 1. The molecule has 0 amide bonds. The van der Waals surface area contributed by atoms with Crippen LogP contribution in [0.25, 0.3) is 0 Å². The number of hydrogen-bond donors (Lipinski definition) is 2. The van der Waals surface area contributed by atoms with Gasteiger partial charge in [0.25, 0.3) is 0 Å². The molecule has 2 N–H and O–H groups in total. The van der Waals surface area contributed by atoms with Gasteiger partial charge in [0.05, 0.1) is 26.4 Å². The summed E-state index contributed by atoms with van der Waals surface area (Å²) in [6, 6.07) is 3.37. The smallest absolute Gasteiger partial charge is 0.200 e. The molecule has 0 heterocycles. The predicted molar refractivity (Wildman–Crippen MR) is 70.0 cm³/mol. The van der Waals surface area contributed by atoms with Gasteiger partial charge in [0.1, 0.15) is 0 Å². The third kappa shape index (κ3) is 3.92. The van der Waals surface area contributed by atoms with Crippen molar-refractivity contribution >= 4 is 6.21 Å². The number of aliphatic hydroxyl groups is 1. The molecule has 18 heavy (non-hydrogen) atoms. The third-order valence-electron chi connectivity index (χ3n) is 2.13. The molecule has 1 aromatic carbocycles. The van der Waals surface area contributed by atoms with E-state index in [1.807, 2.05) is 13.8 Å². The van der Waals surface area contributed by atoms with E-state index in [9.17, 15) is 5.11 Å². The summed E-state index contributed by atoms with van der Waals surface area (Å²) in [5.74, 6) is 0.737. The molecule has 0 bridgehead atoms. The SMILES string of the molecule is CCOc1cc(C=NCCO)cc(OCC)c1O. The van der Waals surface area contributed by atoms with Gasteiger partial charge < -0.3 is 19.7 Å². The number of hydrogen-bond acceptors (Lipinski definition) is 5. The number of benzene rings is 1. The maximum atomic E-state index is 9.91. The molecule has 1 rings (SSSR count). The van der Waals surface area contributed by atoms with Gasteiger partial charge in [0.15, 0.2) is 11.5 Å². The molecular formula is C13H19NO4. The second kappa shape index (κ2) is 7.55. The number of rotatable bonds is 7. The normalized spacial score (nSPS) is 10.8. The maximum absolute atomic E-state index is 9.91. The number of aliphatic imine (C=N–C) groups is 1. The number of aliphatic hydroxyl groups excluding tert-OH is 1. The van der Waals surface area contributed by atoms with E-state index >= 15 is 0 Å². The first kappa shape index (κ1) is 14.3. The quantitative estimate of drug-likeness (QED) is 0.724. The summed E-state index contributed by atoms with van der Waals surface area (Å²) in [4.78, 5) is 4.02. The highest BCUT2D eigenvalue weighted by molar-refractivity contribution is 5.82. The first-order valence-electron chi connectivity index (χ1n) is 5.96. The van der Waals surface area contributed by atoms with Crippen molar-refractivity contribution in [2.24, 2.45) is 4.99 Å². The van der Waals surface area contributed by atoms with Crippen LogP contribution in [0.1, 0.15) is 19.4 Å². The Kier molecular flexibility index (Phi) is 6.00. The fraction of sp³-hybridized carbons (Fsp3) is 0.462. The van der Waals surface area contributed by atoms with E-state index in [4.69, 9.17) is 14.6 Å². The molecule has 0 aliphatic rings. The number of ether oxygens (including phenoxy) is 2. The van der Waals surface area contributed by atoms with Crippen LogP contribution in [0.2, 0.25) is 0 Å². The van der Waals surface area contributed by atoms with E-state index in [0.29, 0.717) is 31.3 Å². The summed E-state index contributed by atoms with van der Waals surface area (Å²) in [6.45, 7) is 4.94. The van der Waals surface area contributed by atoms with Gasteiger partial charge in [-0.3, -0.25) is 4.99 Å². The van der Waals surface area contributed by atoms with Crippen LogP contribution in [-0.2, 0) is 0 Å². The molecule has 100 valence electrons. The molecule has 0 spiro atoms. The standard InChI is InChI=1S/C13H19NO4/c1-3-17-11-7-10(9-14-5-6-15)8-12(13(11)16)18-4-2/h7-9,15-16H,3-6H2,1-2H3. The topological polar surface area (TPSA) is 71.3 Å². The van der Waals surface area contributed by atoms with Crippen LogP contribution < -0.4 is 9.47 Å². The zero-order valence-corrected chi connectivity index (χ0v) is 10.7. The summed E-state index contributed by atoms with van der Waals surface area (Å²) in [7, 11) is 0. The van der Waals surface area contributed by atoms with Crippen molar-refractivity contribution in [2.75, 3.05) is 26.4 Å². The second-order valence-electron chi connectivity index (χ2n) is 3.49. The van der Waals surface area contributed by atoms with Crippen LogP contribution in [0.5, 0.6) is 17.2 Å². The Hall–Kier alpha value is -1.75. The number of aromatic hydroxyl groups is 1. The van der Waals surface area contributed by atoms with Crippen molar-refractivity contribution in [3.63, 3.8) is 0 Å². The molecule has 0 fully saturated rings. The Morgan fingerprint density at radius 2 is 1.72 bits per heavy atom. The molecule has 0 aliphatic carbocycles. The van der Waals surface area contributed by atoms with Crippen LogP contribution in [0, 0.1) is 0 Å². The van der Waals surface area contributed by atoms with E-state index in [1.165, 1.54) is 0 Å². The van der Waals surface area contributed by atoms with E-state index in [2.05, 4.69) is 4.99 Å². The predicted octanol–water partition coefficient (Wildman–Crippen LogP) is 1.60. The van der Waals surface area contributed by atoms with E-state index in [-0.39, 0.29) is 12.4 Å². The van der Waals surface area contributed by atoms with Crippen LogP contribution in [-0.4, -0.2) is 42.8 Å². The second-order valence-corrected chi connectivity index (χ2v) is 3.49. The fourth-order valence-corrected chi connectivity index (χ4v) is 1.44. The van der Waals surface area contributed by atoms with Gasteiger partial charge in [0.2, 0.25) is 5.75 Å². The van der Waals surface area contributed by atoms with Crippen molar-refractivity contribution < 1.29 is 19.7 Å². The Balaban J connectivity index is 3.03. The summed E-state index contributed by atoms with van der Waals surface area (Å²) in [5, 5.41) is 18.6. The van der Waals surface area contributed by atoms with Gasteiger partial charge in [-0.05, 0) is 31.5 Å². The highest BCUT2D eigenvalue weighted by atomic mass is 16.5. The average molecular weight is 253 g/mol. The monoisotopic (exact) mass is 253 g/mol. The number of phenolic OH excluding ortho intramolecular Hbond substituents is 1. The zero-order valence-electron chi connectivity index (χ0n) is 10.7. The lowest BCUT2D eigenvalue weighted by molar-refractivity contribution is 0.289. The first-order chi connectivity index (χ1) is 8.72. The molecule has 0 radical (unpaired) electrons. The maximum Gasteiger partial charge on any atom is 0.200 e. The minimum Gasteiger partial charge on any atom is -0.502 e. The average Bonchev–Trinajstić information content (AvgIpc) is 2.35. The molecule has 0 aromatic heterocycles. The van der Waals surface area contributed by atoms with E-state index in [1.54, 1.807) is 18.3 Å². The van der Waals surface area contributed by atoms with Crippen molar-refractivity contribution in [3.8, 4) is 17.2 Å². The van der Waals surface area contributed by atoms with Gasteiger partial charge in [-0.2, -0.15) is 0 Å². The molecule has 0 aliphatic heterocycles. The third-order valence-corrected chi connectivity index (χ3v) is 2.13. The summed E-state index contributed by atoms with van der Waals surface area (Å²) >= 11 is 0. The minimum atomic E-state index is -0.00184. The Labute approximate surface area is 107 Å². The first-order valence-corrected chi connectivity index (χ1v) is 5.96. The Morgan fingerprint density at radius 1 is 1.17 bits per heavy atom. The lowest BCUT2D eigenvalue weighted by atomic mass is 10.2. The van der Waals surface area contributed by atoms with Gasteiger partial charge in [-0.15, -0.1) is 0 Å². The van der Waals surface area contributed by atoms with Gasteiger partial charge >= 0.3 is 0 Å². The lowest BCUT2D eigenvalue weighted by Gasteiger charge is -2.11. The lowest BCUT2D eigenvalue weighted by Crippen LogP contribution is -1.98. The zero-order chi connectivity index (χ0) is 13.4. The Bertz CT molecular complexity index is 377. The fourth-order valence-electron chi connectivity index (χ4n) is 1.44. The molecule has 0 saturated carbocycles. The molecule has 1 aromatic rings. The molecule has 5 nitrogen and oxygen atoms in total. The summed E-state index contributed by atoms with van der Waals surface area (Å²) in [6.07, 6.45) is 1.61. The highest BCUT2D eigenvalue weighted by Gasteiger charge is 2.11. The summed E-state index contributed by atoms with van der Waals surface area (Å²) < 4.78 is 10.7. The van der Waals surface area contributed by atoms with Crippen molar-refractivity contribution in [1.29, 1.82) is 0 Å². The molecule has 0 atom stereocenters. The summed E-state index contributed by atoms with van der Waals surface area (Å²) in [5.41, 5.74) is 0.758. The molecule has 5 heteroatoms. The minimum absolute atomic E-state index is 0.00184. The van der Waals surface area contributed by atoms with Crippen molar-refractivity contribution in [3.05, 3.63) is 17.7 Å². The van der Waals surface area contributed by atoms with Crippen molar-refractivity contribution in [2.45, 2.75) is 13.8 Å². The number of nitrogens with zero attached hydrogens (tertiary/aromatic N) is 1. The van der Waals surface area contributed by atoms with Crippen molar-refractivity contribution in [1.82, 2.24) is 0 Å². The van der Waals surface area contributed by atoms with Gasteiger partial charge in [0, 0.05) is 6.21 Å². The van der Waals surface area contributed by atoms with Crippen LogP contribution in [0.3, 0.4) is 0 Å². The molecule has 0 saturated heterocycles. The van der Waals surface area contributed by atoms with Crippen LogP contribution in [0.15, 0.2) is 17.1 Å². The molecule has 0 unspecified atom stereocenters. The van der Waals surface area contributed by atoms with Gasteiger partial charge in [-0.25, -0.2) is 0 Å². The molecular weight excluding hydrogens is 234 g/mol.